The van der Waals surface area contributed by atoms with E-state index in [1.54, 1.807) is 0 Å². The Morgan fingerprint density at radius 2 is 0.942 bits per heavy atom. The number of nitrogens with zero attached hydrogens (tertiary/aromatic N) is 1. The minimum absolute atomic E-state index is 0.0286. The van der Waals surface area contributed by atoms with Gasteiger partial charge in [-0.15, -0.1) is 0 Å². The Balaban J connectivity index is 5.43. The van der Waals surface area contributed by atoms with Crippen LogP contribution in [-0.4, -0.2) is 74.3 Å². The van der Waals surface area contributed by atoms with Gasteiger partial charge in [0.25, 0.3) is 0 Å². The Labute approximate surface area is 425 Å². The second-order valence-corrected chi connectivity index (χ2v) is 21.2. The highest BCUT2D eigenvalue weighted by molar-refractivity contribution is 7.47. The second kappa shape index (κ2) is 48.8. The Bertz CT molecular complexity index is 1460. The molecule has 0 bridgehead atoms. The van der Waals surface area contributed by atoms with Gasteiger partial charge in [0, 0.05) is 12.8 Å². The number of carbonyl (C=O) groups is 2. The summed E-state index contributed by atoms with van der Waals surface area (Å²) in [4.78, 5) is 37.5. The molecule has 0 rings (SSSR count). The number of phosphoric ester groups is 1. The molecule has 0 spiro atoms. The van der Waals surface area contributed by atoms with Crippen LogP contribution in [0.1, 0.15) is 226 Å². The molecule has 69 heavy (non-hydrogen) atoms. The molecule has 0 aliphatic rings. The van der Waals surface area contributed by atoms with Crippen molar-refractivity contribution in [1.82, 2.24) is 5.32 Å². The van der Waals surface area contributed by atoms with Gasteiger partial charge in [-0.25, -0.2) is 4.57 Å². The van der Waals surface area contributed by atoms with Crippen LogP contribution in [0, 0.1) is 0 Å². The van der Waals surface area contributed by atoms with E-state index in [2.05, 4.69) is 99.0 Å². The van der Waals surface area contributed by atoms with Crippen molar-refractivity contribution in [1.29, 1.82) is 0 Å². The minimum Gasteiger partial charge on any atom is -0.456 e. The summed E-state index contributed by atoms with van der Waals surface area (Å²) in [6, 6.07) is -0.871. The molecule has 0 aromatic heterocycles. The summed E-state index contributed by atoms with van der Waals surface area (Å²) in [6.07, 6.45) is 62.9. The van der Waals surface area contributed by atoms with E-state index in [0.717, 1.165) is 116 Å². The topological polar surface area (TPSA) is 111 Å². The standard InChI is InChI=1S/C59H105N2O7P/c1-7-10-13-16-19-22-25-27-28-29-30-31-32-34-37-39-42-45-48-51-58(62)60-56(55-67-69(64,65)66-54-53-61(4,5)6)57(50-47-44-41-38-36-33-26-23-20-17-14-11-8-2)68-59(63)52-49-46-43-40-35-24-21-18-15-12-9-3/h10,13,18-19,21-22,27-28,30-31,34,37,47,50,56-57H,7-9,11-12,14-17,20,23-26,29,32-33,35-36,38-46,48-49,51-55H2,1-6H3,(H-,60,62,64,65)/p+1/b13-10-,21-18-,22-19-,28-27-,31-30-,37-34-,50-47+. The van der Waals surface area contributed by atoms with Gasteiger partial charge < -0.3 is 19.4 Å². The number of likely N-dealkylation sites (N-methyl/N-ethyl adjacent to an activating group) is 1. The van der Waals surface area contributed by atoms with E-state index in [9.17, 15) is 19.0 Å². The van der Waals surface area contributed by atoms with Crippen LogP contribution in [0.3, 0.4) is 0 Å². The maximum atomic E-state index is 13.5. The molecule has 2 N–H and O–H groups in total. The lowest BCUT2D eigenvalue weighted by molar-refractivity contribution is -0.870. The fraction of sp³-hybridized carbons (Fsp3) is 0.729. The number of carbonyl (C=O) groups excluding carboxylic acids is 2. The van der Waals surface area contributed by atoms with Crippen molar-refractivity contribution in [3.8, 4) is 0 Å². The summed E-state index contributed by atoms with van der Waals surface area (Å²) in [7, 11) is 1.46. The number of amides is 1. The van der Waals surface area contributed by atoms with E-state index in [4.69, 9.17) is 13.8 Å². The van der Waals surface area contributed by atoms with Crippen LogP contribution in [-0.2, 0) is 27.9 Å². The number of ether oxygens (including phenoxy) is 1. The van der Waals surface area contributed by atoms with E-state index >= 15 is 0 Å². The smallest absolute Gasteiger partial charge is 0.456 e. The largest absolute Gasteiger partial charge is 0.472 e. The van der Waals surface area contributed by atoms with E-state index in [-0.39, 0.29) is 37.9 Å². The van der Waals surface area contributed by atoms with Crippen molar-refractivity contribution >= 4 is 19.7 Å². The fourth-order valence-electron chi connectivity index (χ4n) is 7.48. The van der Waals surface area contributed by atoms with Gasteiger partial charge in [-0.05, 0) is 96.0 Å². The van der Waals surface area contributed by atoms with Gasteiger partial charge in [0.05, 0.1) is 33.8 Å². The molecule has 1 amide bonds. The number of phosphoric acid groups is 1. The van der Waals surface area contributed by atoms with E-state index in [1.807, 2.05) is 33.3 Å². The molecule has 3 atom stereocenters. The van der Waals surface area contributed by atoms with Crippen LogP contribution in [0.4, 0.5) is 0 Å². The van der Waals surface area contributed by atoms with Gasteiger partial charge in [0.15, 0.2) is 0 Å². The third-order valence-corrected chi connectivity index (χ3v) is 12.8. The number of allylic oxidation sites excluding steroid dienone is 13. The lowest BCUT2D eigenvalue weighted by atomic mass is 10.0. The molecule has 0 heterocycles. The SMILES string of the molecule is CC/C=C\C/C=C\C/C=C\C/C=C\C/C=C\CCCCCC(=O)NC(COP(=O)(O)OCC[N+](C)(C)C)C(/C=C/CCCCCCCCCCCCC)OC(=O)CCCCCCC/C=C\CCCC. The van der Waals surface area contributed by atoms with Gasteiger partial charge >= 0.3 is 13.8 Å². The molecule has 398 valence electrons. The highest BCUT2D eigenvalue weighted by Gasteiger charge is 2.30. The van der Waals surface area contributed by atoms with Crippen molar-refractivity contribution in [2.75, 3.05) is 40.9 Å². The molecule has 9 nitrogen and oxygen atoms in total. The Morgan fingerprint density at radius 1 is 0.522 bits per heavy atom. The molecule has 0 aliphatic heterocycles. The van der Waals surface area contributed by atoms with Crippen molar-refractivity contribution in [2.45, 2.75) is 238 Å². The number of rotatable bonds is 49. The number of nitrogens with one attached hydrogen (secondary N) is 1. The molecular weight excluding hydrogens is 880 g/mol. The summed E-state index contributed by atoms with van der Waals surface area (Å²) in [5, 5.41) is 3.02. The van der Waals surface area contributed by atoms with E-state index in [0.29, 0.717) is 17.4 Å². The van der Waals surface area contributed by atoms with Gasteiger partial charge in [-0.3, -0.25) is 18.6 Å². The molecule has 0 radical (unpaired) electrons. The maximum absolute atomic E-state index is 13.5. The first-order valence-electron chi connectivity index (χ1n) is 27.9. The van der Waals surface area contributed by atoms with Crippen LogP contribution in [0.5, 0.6) is 0 Å². The molecule has 0 aliphatic carbocycles. The predicted octanol–water partition coefficient (Wildman–Crippen LogP) is 16.7. The Morgan fingerprint density at radius 3 is 1.46 bits per heavy atom. The molecule has 0 saturated carbocycles. The van der Waals surface area contributed by atoms with Crippen LogP contribution in [0.2, 0.25) is 0 Å². The normalized spacial score (nSPS) is 14.5. The zero-order chi connectivity index (χ0) is 50.8. The fourth-order valence-corrected chi connectivity index (χ4v) is 8.21. The summed E-state index contributed by atoms with van der Waals surface area (Å²) < 4.78 is 30.5. The molecule has 10 heteroatoms. The third kappa shape index (κ3) is 49.9. The average molecular weight is 986 g/mol. The highest BCUT2D eigenvalue weighted by Crippen LogP contribution is 2.43. The zero-order valence-corrected chi connectivity index (χ0v) is 46.2. The minimum atomic E-state index is -4.46. The first kappa shape index (κ1) is 66.2. The maximum Gasteiger partial charge on any atom is 0.472 e. The van der Waals surface area contributed by atoms with Gasteiger partial charge in [0.1, 0.15) is 19.3 Å². The van der Waals surface area contributed by atoms with Gasteiger partial charge in [-0.1, -0.05) is 202 Å². The van der Waals surface area contributed by atoms with Gasteiger partial charge in [0.2, 0.25) is 5.91 Å². The van der Waals surface area contributed by atoms with Crippen molar-refractivity contribution in [3.63, 3.8) is 0 Å². The Hall–Kier alpha value is -2.81. The third-order valence-electron chi connectivity index (χ3n) is 11.8. The number of quaternary nitrogens is 1. The van der Waals surface area contributed by atoms with Crippen LogP contribution in [0.15, 0.2) is 85.1 Å². The average Bonchev–Trinajstić information content (AvgIpc) is 3.31. The predicted molar refractivity (Wildman–Crippen MR) is 295 cm³/mol. The van der Waals surface area contributed by atoms with Crippen LogP contribution >= 0.6 is 7.82 Å². The second-order valence-electron chi connectivity index (χ2n) is 19.7. The molecular formula is C59H106N2O7P+. The molecule has 0 fully saturated rings. The summed E-state index contributed by atoms with van der Waals surface area (Å²) in [6.45, 7) is 6.81. The summed E-state index contributed by atoms with van der Waals surface area (Å²) in [5.41, 5.74) is 0. The van der Waals surface area contributed by atoms with E-state index < -0.39 is 20.0 Å². The van der Waals surface area contributed by atoms with Crippen molar-refractivity contribution in [2.24, 2.45) is 0 Å². The molecule has 0 aromatic rings. The first-order valence-corrected chi connectivity index (χ1v) is 29.4. The molecule has 0 saturated heterocycles. The van der Waals surface area contributed by atoms with Crippen LogP contribution in [0.25, 0.3) is 0 Å². The first-order chi connectivity index (χ1) is 33.4. The highest BCUT2D eigenvalue weighted by atomic mass is 31.2. The summed E-state index contributed by atoms with van der Waals surface area (Å²) in [5.74, 6) is -0.559. The summed E-state index contributed by atoms with van der Waals surface area (Å²) >= 11 is 0. The number of unbranched alkanes of at least 4 members (excludes halogenated alkanes) is 21. The van der Waals surface area contributed by atoms with Crippen molar-refractivity contribution in [3.05, 3.63) is 85.1 Å². The Kier molecular flexibility index (Phi) is 46.8. The quantitative estimate of drug-likeness (QED) is 0.0205. The molecule has 0 aromatic carbocycles. The van der Waals surface area contributed by atoms with Crippen molar-refractivity contribution < 1.29 is 37.3 Å². The lowest BCUT2D eigenvalue weighted by Crippen LogP contribution is -2.47. The zero-order valence-electron chi connectivity index (χ0n) is 45.3. The number of hydrogen-bond acceptors (Lipinski definition) is 6. The number of hydrogen-bond donors (Lipinski definition) is 2. The lowest BCUT2D eigenvalue weighted by Gasteiger charge is -2.27. The molecule has 3 unspecified atom stereocenters. The van der Waals surface area contributed by atoms with E-state index in [1.165, 1.54) is 70.6 Å². The number of esters is 1. The monoisotopic (exact) mass is 986 g/mol. The van der Waals surface area contributed by atoms with Crippen LogP contribution < -0.4 is 5.32 Å². The van der Waals surface area contributed by atoms with Gasteiger partial charge in [-0.2, -0.15) is 0 Å².